The van der Waals surface area contributed by atoms with Crippen molar-refractivity contribution in [2.45, 2.75) is 75.8 Å². The molecule has 122 valence electrons. The third-order valence-corrected chi connectivity index (χ3v) is 5.45. The number of hydrogen-bond donors (Lipinski definition) is 1. The van der Waals surface area contributed by atoms with Gasteiger partial charge in [-0.1, -0.05) is 6.42 Å². The predicted octanol–water partition coefficient (Wildman–Crippen LogP) is 3.26. The molecular formula is C16H30N2O2S. The fourth-order valence-corrected chi connectivity index (χ4v) is 4.25. The highest BCUT2D eigenvalue weighted by atomic mass is 32.2. The maximum Gasteiger partial charge on any atom is 0.410 e. The van der Waals surface area contributed by atoms with Crippen LogP contribution in [0.3, 0.4) is 0 Å². The van der Waals surface area contributed by atoms with Crippen molar-refractivity contribution in [3.8, 4) is 0 Å². The maximum atomic E-state index is 12.2. The second kappa shape index (κ2) is 7.23. The van der Waals surface area contributed by atoms with Gasteiger partial charge in [0.15, 0.2) is 0 Å². The molecule has 1 saturated carbocycles. The molecule has 1 heterocycles. The van der Waals surface area contributed by atoms with E-state index in [2.05, 4.69) is 11.6 Å². The molecule has 2 fully saturated rings. The number of amides is 1. The highest BCUT2D eigenvalue weighted by Gasteiger charge is 2.32. The van der Waals surface area contributed by atoms with Gasteiger partial charge in [-0.2, -0.15) is 11.8 Å². The Kier molecular flexibility index (Phi) is 5.83. The van der Waals surface area contributed by atoms with Crippen molar-refractivity contribution >= 4 is 17.9 Å². The zero-order chi connectivity index (χ0) is 15.5. The van der Waals surface area contributed by atoms with Crippen LogP contribution in [-0.4, -0.2) is 53.3 Å². The lowest BCUT2D eigenvalue weighted by atomic mass is 10.0. The first-order valence-corrected chi connectivity index (χ1v) is 9.44. The molecule has 0 aromatic carbocycles. The molecule has 1 aliphatic carbocycles. The highest BCUT2D eigenvalue weighted by molar-refractivity contribution is 7.99. The zero-order valence-electron chi connectivity index (χ0n) is 13.9. The number of likely N-dealkylation sites (tertiary alicyclic amines) is 1. The van der Waals surface area contributed by atoms with Crippen molar-refractivity contribution in [2.75, 3.05) is 19.3 Å². The van der Waals surface area contributed by atoms with E-state index in [1.807, 2.05) is 37.4 Å². The van der Waals surface area contributed by atoms with Gasteiger partial charge in [-0.25, -0.2) is 4.79 Å². The molecule has 1 saturated heterocycles. The summed E-state index contributed by atoms with van der Waals surface area (Å²) in [4.78, 5) is 14.1. The average Bonchev–Trinajstić information content (AvgIpc) is 2.84. The number of piperidine rings is 1. The molecule has 0 radical (unpaired) electrons. The fraction of sp³-hybridized carbons (Fsp3) is 0.938. The van der Waals surface area contributed by atoms with Gasteiger partial charge < -0.3 is 15.0 Å². The maximum absolute atomic E-state index is 12.2. The Morgan fingerprint density at radius 1 is 1.24 bits per heavy atom. The van der Waals surface area contributed by atoms with Crippen molar-refractivity contribution in [3.63, 3.8) is 0 Å². The molecule has 1 aliphatic heterocycles. The number of thioether (sulfide) groups is 1. The molecule has 3 unspecified atom stereocenters. The zero-order valence-corrected chi connectivity index (χ0v) is 14.7. The van der Waals surface area contributed by atoms with E-state index < -0.39 is 5.60 Å². The molecule has 0 spiro atoms. The van der Waals surface area contributed by atoms with Gasteiger partial charge in [-0.3, -0.25) is 0 Å². The normalized spacial score (nSPS) is 30.5. The molecule has 1 amide bonds. The van der Waals surface area contributed by atoms with Crippen molar-refractivity contribution in [1.82, 2.24) is 10.2 Å². The quantitative estimate of drug-likeness (QED) is 0.868. The lowest BCUT2D eigenvalue weighted by Gasteiger charge is -2.36. The first kappa shape index (κ1) is 16.9. The summed E-state index contributed by atoms with van der Waals surface area (Å²) in [6.45, 7) is 7.38. The SMILES string of the molecule is CSC1CCCC1NC1CCCN(C(=O)OC(C)(C)C)C1. The average molecular weight is 314 g/mol. The van der Waals surface area contributed by atoms with Crippen LogP contribution in [0.25, 0.3) is 0 Å². The summed E-state index contributed by atoms with van der Waals surface area (Å²) in [5, 5.41) is 4.53. The van der Waals surface area contributed by atoms with Gasteiger partial charge >= 0.3 is 6.09 Å². The van der Waals surface area contributed by atoms with Crippen molar-refractivity contribution in [3.05, 3.63) is 0 Å². The molecule has 0 aromatic heterocycles. The van der Waals surface area contributed by atoms with Gasteiger partial charge in [0.1, 0.15) is 5.60 Å². The molecule has 2 rings (SSSR count). The standard InChI is InChI=1S/C16H30N2O2S/c1-16(2,3)20-15(19)18-10-6-7-12(11-18)17-13-8-5-9-14(13)21-4/h12-14,17H,5-11H2,1-4H3. The number of carbonyl (C=O) groups is 1. The van der Waals surface area contributed by atoms with E-state index in [4.69, 9.17) is 4.74 Å². The number of carbonyl (C=O) groups excluding carboxylic acids is 1. The summed E-state index contributed by atoms with van der Waals surface area (Å²) in [7, 11) is 0. The van der Waals surface area contributed by atoms with E-state index in [-0.39, 0.29) is 6.09 Å². The summed E-state index contributed by atoms with van der Waals surface area (Å²) < 4.78 is 5.49. The second-order valence-electron chi connectivity index (χ2n) is 7.24. The minimum Gasteiger partial charge on any atom is -0.444 e. The Bertz CT molecular complexity index is 357. The van der Waals surface area contributed by atoms with Crippen LogP contribution < -0.4 is 5.32 Å². The van der Waals surface area contributed by atoms with E-state index in [9.17, 15) is 4.79 Å². The van der Waals surface area contributed by atoms with Gasteiger partial charge in [0.2, 0.25) is 0 Å². The Morgan fingerprint density at radius 3 is 2.67 bits per heavy atom. The molecule has 0 bridgehead atoms. The lowest BCUT2D eigenvalue weighted by Crippen LogP contribution is -2.52. The highest BCUT2D eigenvalue weighted by Crippen LogP contribution is 2.29. The van der Waals surface area contributed by atoms with Crippen molar-refractivity contribution < 1.29 is 9.53 Å². The fourth-order valence-electron chi connectivity index (χ4n) is 3.31. The number of hydrogen-bond acceptors (Lipinski definition) is 4. The molecular weight excluding hydrogens is 284 g/mol. The Morgan fingerprint density at radius 2 is 2.00 bits per heavy atom. The third-order valence-electron chi connectivity index (χ3n) is 4.28. The molecule has 0 aromatic rings. The van der Waals surface area contributed by atoms with Crippen LogP contribution in [-0.2, 0) is 4.74 Å². The van der Waals surface area contributed by atoms with E-state index in [0.717, 1.165) is 31.2 Å². The summed E-state index contributed by atoms with van der Waals surface area (Å²) in [5.41, 5.74) is -0.410. The van der Waals surface area contributed by atoms with Crippen molar-refractivity contribution in [1.29, 1.82) is 0 Å². The third kappa shape index (κ3) is 5.06. The molecule has 1 N–H and O–H groups in total. The van der Waals surface area contributed by atoms with Crippen LogP contribution in [0, 0.1) is 0 Å². The predicted molar refractivity (Wildman–Crippen MR) is 88.9 cm³/mol. The van der Waals surface area contributed by atoms with Crippen LogP contribution in [0.2, 0.25) is 0 Å². The number of ether oxygens (including phenoxy) is 1. The van der Waals surface area contributed by atoms with Gasteiger partial charge in [-0.05, 0) is 52.7 Å². The summed E-state index contributed by atoms with van der Waals surface area (Å²) >= 11 is 1.98. The number of nitrogens with zero attached hydrogens (tertiary/aromatic N) is 1. The van der Waals surface area contributed by atoms with Gasteiger partial charge in [0.05, 0.1) is 0 Å². The van der Waals surface area contributed by atoms with Crippen LogP contribution >= 0.6 is 11.8 Å². The molecule has 21 heavy (non-hydrogen) atoms. The first-order valence-electron chi connectivity index (χ1n) is 8.16. The Labute approximate surface area is 133 Å². The molecule has 3 atom stereocenters. The molecule has 4 nitrogen and oxygen atoms in total. The van der Waals surface area contributed by atoms with E-state index >= 15 is 0 Å². The van der Waals surface area contributed by atoms with Crippen LogP contribution in [0.4, 0.5) is 4.79 Å². The lowest BCUT2D eigenvalue weighted by molar-refractivity contribution is 0.0183. The van der Waals surface area contributed by atoms with Crippen molar-refractivity contribution in [2.24, 2.45) is 0 Å². The Hall–Kier alpha value is -0.420. The smallest absolute Gasteiger partial charge is 0.410 e. The van der Waals surface area contributed by atoms with Gasteiger partial charge in [0, 0.05) is 30.4 Å². The minimum absolute atomic E-state index is 0.165. The monoisotopic (exact) mass is 314 g/mol. The number of rotatable bonds is 3. The van der Waals surface area contributed by atoms with E-state index in [1.165, 1.54) is 19.3 Å². The topological polar surface area (TPSA) is 41.6 Å². The van der Waals surface area contributed by atoms with Gasteiger partial charge in [0.25, 0.3) is 0 Å². The Balaban J connectivity index is 1.84. The first-order chi connectivity index (χ1) is 9.89. The minimum atomic E-state index is -0.410. The molecule has 5 heteroatoms. The molecule has 2 aliphatic rings. The largest absolute Gasteiger partial charge is 0.444 e. The summed E-state index contributed by atoms with van der Waals surface area (Å²) in [6.07, 6.45) is 8.19. The summed E-state index contributed by atoms with van der Waals surface area (Å²) in [5.74, 6) is 0. The van der Waals surface area contributed by atoms with E-state index in [1.54, 1.807) is 0 Å². The second-order valence-corrected chi connectivity index (χ2v) is 8.32. The van der Waals surface area contributed by atoms with Crippen LogP contribution in [0.5, 0.6) is 0 Å². The van der Waals surface area contributed by atoms with E-state index in [0.29, 0.717) is 12.1 Å². The van der Waals surface area contributed by atoms with Gasteiger partial charge in [-0.15, -0.1) is 0 Å². The van der Waals surface area contributed by atoms with Crippen LogP contribution in [0.1, 0.15) is 52.9 Å². The summed E-state index contributed by atoms with van der Waals surface area (Å²) in [6, 6.07) is 1.03. The van der Waals surface area contributed by atoms with Crippen LogP contribution in [0.15, 0.2) is 0 Å². The number of nitrogens with one attached hydrogen (secondary N) is 1.